The summed E-state index contributed by atoms with van der Waals surface area (Å²) in [5.41, 5.74) is 2.89. The molecule has 6 nitrogen and oxygen atoms in total. The number of benzene rings is 2. The van der Waals surface area contributed by atoms with Gasteiger partial charge >= 0.3 is 5.97 Å². The summed E-state index contributed by atoms with van der Waals surface area (Å²) >= 11 is 15.5. The summed E-state index contributed by atoms with van der Waals surface area (Å²) in [6, 6.07) is 11.6. The Hall–Kier alpha value is -2.33. The first-order valence-electron chi connectivity index (χ1n) is 11.0. The van der Waals surface area contributed by atoms with Crippen molar-refractivity contribution in [3.8, 4) is 11.5 Å². The lowest BCUT2D eigenvalue weighted by Gasteiger charge is -2.23. The predicted molar refractivity (Wildman–Crippen MR) is 147 cm³/mol. The number of halogens is 1. The molecule has 10 heteroatoms. The van der Waals surface area contributed by atoms with E-state index >= 15 is 0 Å². The summed E-state index contributed by atoms with van der Waals surface area (Å²) in [5, 5.41) is 4.79. The normalized spacial score (nSPS) is 17.2. The second-order valence-electron chi connectivity index (χ2n) is 7.71. The third kappa shape index (κ3) is 5.91. The van der Waals surface area contributed by atoms with E-state index in [1.54, 1.807) is 39.1 Å². The van der Waals surface area contributed by atoms with Crippen LogP contribution in [0.15, 0.2) is 42.6 Å². The Labute approximate surface area is 223 Å². The van der Waals surface area contributed by atoms with Gasteiger partial charge in [0.05, 0.1) is 47.7 Å². The molecule has 35 heavy (non-hydrogen) atoms. The number of fused-ring (bicyclic) bond motifs is 1. The van der Waals surface area contributed by atoms with Crippen LogP contribution in [-0.4, -0.2) is 42.0 Å². The Morgan fingerprint density at radius 3 is 2.77 bits per heavy atom. The average molecular weight is 549 g/mol. The molecule has 0 amide bonds. The van der Waals surface area contributed by atoms with E-state index in [0.29, 0.717) is 34.5 Å². The van der Waals surface area contributed by atoms with Crippen molar-refractivity contribution in [3.63, 3.8) is 0 Å². The number of aromatic nitrogens is 1. The number of thiocarbonyl (C=S) groups is 1. The van der Waals surface area contributed by atoms with Gasteiger partial charge in [-0.05, 0) is 36.8 Å². The predicted octanol–water partition coefficient (Wildman–Crippen LogP) is 6.11. The van der Waals surface area contributed by atoms with Crippen LogP contribution in [0.25, 0.3) is 0 Å². The van der Waals surface area contributed by atoms with Gasteiger partial charge in [-0.1, -0.05) is 36.0 Å². The number of rotatable bonds is 8. The van der Waals surface area contributed by atoms with Crippen LogP contribution in [0.5, 0.6) is 11.5 Å². The molecule has 1 aromatic heterocycles. The summed E-state index contributed by atoms with van der Waals surface area (Å²) in [6.45, 7) is 2.16. The Morgan fingerprint density at radius 2 is 2.03 bits per heavy atom. The summed E-state index contributed by atoms with van der Waals surface area (Å²) in [5.74, 6) is 1.09. The van der Waals surface area contributed by atoms with Gasteiger partial charge in [0, 0.05) is 33.8 Å². The highest BCUT2D eigenvalue weighted by molar-refractivity contribution is 8.02. The number of esters is 1. The molecule has 0 radical (unpaired) electrons. The molecule has 0 saturated heterocycles. The molecule has 4 rings (SSSR count). The number of thioether (sulfide) groups is 1. The number of hydrogen-bond donors (Lipinski definition) is 1. The first-order chi connectivity index (χ1) is 16.9. The highest BCUT2D eigenvalue weighted by Gasteiger charge is 2.33. The van der Waals surface area contributed by atoms with Gasteiger partial charge in [0.1, 0.15) is 0 Å². The molecule has 1 N–H and O–H groups in total. The van der Waals surface area contributed by atoms with E-state index in [0.717, 1.165) is 26.7 Å². The molecular weight excluding hydrogens is 524 g/mol. The number of ether oxygens (including phenoxy) is 3. The number of para-hydroxylation sites is 1. The van der Waals surface area contributed by atoms with Crippen LogP contribution in [0.2, 0.25) is 5.02 Å². The van der Waals surface area contributed by atoms with Gasteiger partial charge in [-0.15, -0.1) is 23.1 Å². The molecule has 2 atom stereocenters. The first-order valence-corrected chi connectivity index (χ1v) is 13.5. The molecule has 2 aromatic carbocycles. The van der Waals surface area contributed by atoms with E-state index in [9.17, 15) is 4.79 Å². The van der Waals surface area contributed by atoms with Gasteiger partial charge in [0.25, 0.3) is 0 Å². The number of anilines is 1. The van der Waals surface area contributed by atoms with Gasteiger partial charge in [-0.25, -0.2) is 4.98 Å². The van der Waals surface area contributed by atoms with E-state index in [2.05, 4.69) is 10.3 Å². The molecule has 2 unspecified atom stereocenters. The zero-order chi connectivity index (χ0) is 24.9. The van der Waals surface area contributed by atoms with Crippen LogP contribution in [-0.2, 0) is 22.4 Å². The fourth-order valence-corrected chi connectivity index (χ4v) is 6.95. The van der Waals surface area contributed by atoms with Crippen molar-refractivity contribution in [2.45, 2.75) is 30.3 Å². The zero-order valence-electron chi connectivity index (χ0n) is 19.5. The molecule has 1 aliphatic rings. The molecule has 0 aliphatic carbocycles. The molecule has 0 spiro atoms. The second-order valence-corrected chi connectivity index (χ2v) is 11.1. The van der Waals surface area contributed by atoms with Crippen molar-refractivity contribution in [2.24, 2.45) is 0 Å². The molecule has 1 aliphatic heterocycles. The summed E-state index contributed by atoms with van der Waals surface area (Å²) in [6.07, 6.45) is 2.58. The monoisotopic (exact) mass is 548 g/mol. The van der Waals surface area contributed by atoms with E-state index in [1.807, 2.05) is 36.4 Å². The first kappa shape index (κ1) is 25.8. The summed E-state index contributed by atoms with van der Waals surface area (Å²) < 4.78 is 16.4. The van der Waals surface area contributed by atoms with Crippen LogP contribution in [0.1, 0.15) is 33.2 Å². The molecule has 0 fully saturated rings. The maximum Gasteiger partial charge on any atom is 0.311 e. The second kappa shape index (κ2) is 11.6. The van der Waals surface area contributed by atoms with E-state index in [1.165, 1.54) is 11.3 Å². The number of carbonyl (C=O) groups excluding carboxylic acids is 1. The standard InChI is InChI=1S/C25H25ClN2O4S3/c1-4-32-22(29)11-15-13-27-21(34-15)12-20-25(33)28-18-9-8-14(26)10-17(18)24(35-20)16-6-5-7-19(30-2)23(16)31-3/h5-10,13,20,24H,4,11-12H2,1-3H3,(H,28,33). The van der Waals surface area contributed by atoms with Crippen molar-refractivity contribution >= 4 is 63.6 Å². The maximum absolute atomic E-state index is 11.9. The van der Waals surface area contributed by atoms with E-state index < -0.39 is 0 Å². The highest BCUT2D eigenvalue weighted by atomic mass is 35.5. The van der Waals surface area contributed by atoms with Gasteiger partial charge < -0.3 is 19.5 Å². The minimum absolute atomic E-state index is 0.0707. The topological polar surface area (TPSA) is 69.7 Å². The molecule has 0 saturated carbocycles. The Bertz CT molecular complexity index is 1230. The van der Waals surface area contributed by atoms with Crippen molar-refractivity contribution < 1.29 is 19.0 Å². The fraction of sp³-hybridized carbons (Fsp3) is 0.320. The van der Waals surface area contributed by atoms with E-state index in [-0.39, 0.29) is 22.9 Å². The average Bonchev–Trinajstić information content (AvgIpc) is 3.23. The van der Waals surface area contributed by atoms with Crippen LogP contribution in [0, 0.1) is 0 Å². The van der Waals surface area contributed by atoms with Crippen LogP contribution in [0.3, 0.4) is 0 Å². The number of thiazole rings is 1. The minimum atomic E-state index is -0.249. The number of hydrogen-bond acceptors (Lipinski definition) is 8. The fourth-order valence-electron chi connectivity index (χ4n) is 3.91. The highest BCUT2D eigenvalue weighted by Crippen LogP contribution is 2.50. The van der Waals surface area contributed by atoms with Gasteiger partial charge in [-0.3, -0.25) is 4.79 Å². The Kier molecular flexibility index (Phi) is 8.54. The van der Waals surface area contributed by atoms with Crippen molar-refractivity contribution in [1.29, 1.82) is 0 Å². The molecular formula is C25H25ClN2O4S3. The van der Waals surface area contributed by atoms with E-state index in [4.69, 9.17) is 38.0 Å². The SMILES string of the molecule is CCOC(=O)Cc1cnc(CC2SC(c3cccc(OC)c3OC)c3cc(Cl)ccc3NC2=S)s1. The lowest BCUT2D eigenvalue weighted by molar-refractivity contribution is -0.142. The van der Waals surface area contributed by atoms with Crippen LogP contribution in [0.4, 0.5) is 5.69 Å². The van der Waals surface area contributed by atoms with Gasteiger partial charge in [0.2, 0.25) is 0 Å². The van der Waals surface area contributed by atoms with Crippen LogP contribution < -0.4 is 14.8 Å². The lowest BCUT2D eigenvalue weighted by atomic mass is 10.0. The molecule has 184 valence electrons. The number of nitrogens with zero attached hydrogens (tertiary/aromatic N) is 1. The molecule has 0 bridgehead atoms. The van der Waals surface area contributed by atoms with Crippen molar-refractivity contribution in [2.75, 3.05) is 26.1 Å². The number of nitrogens with one attached hydrogen (secondary N) is 1. The summed E-state index contributed by atoms with van der Waals surface area (Å²) in [4.78, 5) is 18.0. The maximum atomic E-state index is 11.9. The van der Waals surface area contributed by atoms with Gasteiger partial charge in [0.15, 0.2) is 11.5 Å². The zero-order valence-corrected chi connectivity index (χ0v) is 22.7. The lowest BCUT2D eigenvalue weighted by Crippen LogP contribution is -2.24. The number of methoxy groups -OCH3 is 2. The van der Waals surface area contributed by atoms with Crippen molar-refractivity contribution in [3.05, 3.63) is 68.6 Å². The molecule has 2 heterocycles. The number of carbonyl (C=O) groups is 1. The third-order valence-corrected chi connectivity index (χ3v) is 8.75. The quantitative estimate of drug-likeness (QED) is 0.267. The molecule has 3 aromatic rings. The largest absolute Gasteiger partial charge is 0.493 e. The van der Waals surface area contributed by atoms with Crippen molar-refractivity contribution in [1.82, 2.24) is 4.98 Å². The third-order valence-electron chi connectivity index (χ3n) is 5.45. The van der Waals surface area contributed by atoms with Crippen LogP contribution >= 0.6 is 46.9 Å². The Balaban J connectivity index is 1.68. The smallest absolute Gasteiger partial charge is 0.311 e. The minimum Gasteiger partial charge on any atom is -0.493 e. The van der Waals surface area contributed by atoms with Gasteiger partial charge in [-0.2, -0.15) is 0 Å². The Morgan fingerprint density at radius 1 is 1.20 bits per heavy atom. The summed E-state index contributed by atoms with van der Waals surface area (Å²) in [7, 11) is 3.27.